The summed E-state index contributed by atoms with van der Waals surface area (Å²) in [7, 11) is 0. The summed E-state index contributed by atoms with van der Waals surface area (Å²) in [6, 6.07) is 0. The van der Waals surface area contributed by atoms with E-state index in [1.807, 2.05) is 13.8 Å². The lowest BCUT2D eigenvalue weighted by atomic mass is 9.92. The Morgan fingerprint density at radius 2 is 2.06 bits per heavy atom. The van der Waals surface area contributed by atoms with E-state index in [1.165, 1.54) is 0 Å². The van der Waals surface area contributed by atoms with Crippen molar-refractivity contribution in [3.63, 3.8) is 0 Å². The molecule has 1 aliphatic rings. The van der Waals surface area contributed by atoms with Crippen LogP contribution in [0, 0.1) is 5.92 Å². The zero-order chi connectivity index (χ0) is 13.4. The summed E-state index contributed by atoms with van der Waals surface area (Å²) in [6.45, 7) is 7.42. The van der Waals surface area contributed by atoms with E-state index in [0.717, 1.165) is 45.3 Å². The molecule has 18 heavy (non-hydrogen) atoms. The number of carbonyl (C=O) groups is 1. The lowest BCUT2D eigenvalue weighted by Gasteiger charge is -2.33. The van der Waals surface area contributed by atoms with Gasteiger partial charge in [-0.15, -0.1) is 0 Å². The molecule has 0 aromatic heterocycles. The highest BCUT2D eigenvalue weighted by Crippen LogP contribution is 2.20. The molecule has 1 saturated heterocycles. The molecule has 1 unspecified atom stereocenters. The molecule has 1 atom stereocenters. The first-order chi connectivity index (χ1) is 8.63. The van der Waals surface area contributed by atoms with Gasteiger partial charge in [-0.1, -0.05) is 0 Å². The second-order valence-electron chi connectivity index (χ2n) is 5.18. The van der Waals surface area contributed by atoms with Crippen molar-refractivity contribution in [2.24, 2.45) is 5.92 Å². The normalized spacial score (nSPS) is 19.7. The Bertz CT molecular complexity index is 235. The van der Waals surface area contributed by atoms with Gasteiger partial charge >= 0.3 is 5.97 Å². The van der Waals surface area contributed by atoms with Gasteiger partial charge in [0.05, 0.1) is 12.7 Å². The van der Waals surface area contributed by atoms with Crippen LogP contribution in [-0.2, 0) is 9.53 Å². The van der Waals surface area contributed by atoms with Gasteiger partial charge in [-0.25, -0.2) is 0 Å². The van der Waals surface area contributed by atoms with Crippen LogP contribution in [0.3, 0.4) is 0 Å². The smallest absolute Gasteiger partial charge is 0.305 e. The maximum atomic E-state index is 11.1. The molecular weight excluding hydrogens is 230 g/mol. The third-order valence-electron chi connectivity index (χ3n) is 3.73. The number of ether oxygens (including phenoxy) is 1. The third-order valence-corrected chi connectivity index (χ3v) is 3.73. The molecule has 0 saturated carbocycles. The van der Waals surface area contributed by atoms with Crippen LogP contribution in [0.4, 0.5) is 0 Å². The first-order valence-electron chi connectivity index (χ1n) is 7.19. The number of aliphatic hydroxyl groups excluding tert-OH is 1. The van der Waals surface area contributed by atoms with Crippen molar-refractivity contribution >= 4 is 5.97 Å². The molecule has 4 nitrogen and oxygen atoms in total. The van der Waals surface area contributed by atoms with E-state index in [0.29, 0.717) is 18.9 Å². The minimum absolute atomic E-state index is 0.0784. The molecule has 0 aromatic carbocycles. The van der Waals surface area contributed by atoms with Crippen molar-refractivity contribution in [3.8, 4) is 0 Å². The molecule has 1 rings (SSSR count). The zero-order valence-electron chi connectivity index (χ0n) is 11.7. The molecular formula is C14H27NO3. The number of esters is 1. The Balaban J connectivity index is 2.02. The van der Waals surface area contributed by atoms with Gasteiger partial charge < -0.3 is 14.7 Å². The molecule has 1 fully saturated rings. The summed E-state index contributed by atoms with van der Waals surface area (Å²) in [4.78, 5) is 13.6. The Morgan fingerprint density at radius 3 is 2.61 bits per heavy atom. The van der Waals surface area contributed by atoms with Crippen molar-refractivity contribution in [3.05, 3.63) is 0 Å². The van der Waals surface area contributed by atoms with Crippen molar-refractivity contribution < 1.29 is 14.6 Å². The number of unbranched alkanes of at least 4 members (excludes halogenated alkanes) is 1. The quantitative estimate of drug-likeness (QED) is 0.558. The number of carbonyl (C=O) groups excluding carboxylic acids is 1. The first-order valence-corrected chi connectivity index (χ1v) is 7.19. The number of hydrogen-bond donors (Lipinski definition) is 1. The van der Waals surface area contributed by atoms with Gasteiger partial charge in [-0.2, -0.15) is 0 Å². The molecule has 0 amide bonds. The molecule has 1 N–H and O–H groups in total. The van der Waals surface area contributed by atoms with Gasteiger partial charge in [0.25, 0.3) is 0 Å². The summed E-state index contributed by atoms with van der Waals surface area (Å²) >= 11 is 0. The van der Waals surface area contributed by atoms with Gasteiger partial charge in [0.2, 0.25) is 0 Å². The van der Waals surface area contributed by atoms with Gasteiger partial charge in [-0.3, -0.25) is 4.79 Å². The fraction of sp³-hybridized carbons (Fsp3) is 0.929. The summed E-state index contributed by atoms with van der Waals surface area (Å²) in [6.07, 6.45) is 4.52. The standard InChI is InChI=1S/C14H27NO3/c1-3-18-14(17)6-4-5-9-15-10-7-13(8-11-15)12(2)16/h12-13,16H,3-11H2,1-2H3. The molecule has 0 radical (unpaired) electrons. The van der Waals surface area contributed by atoms with E-state index in [1.54, 1.807) is 0 Å². The van der Waals surface area contributed by atoms with Gasteiger partial charge in [0.1, 0.15) is 0 Å². The number of piperidine rings is 1. The first kappa shape index (κ1) is 15.4. The summed E-state index contributed by atoms with van der Waals surface area (Å²) < 4.78 is 4.89. The van der Waals surface area contributed by atoms with Gasteiger partial charge in [0.15, 0.2) is 0 Å². The molecule has 0 bridgehead atoms. The topological polar surface area (TPSA) is 49.8 Å². The minimum Gasteiger partial charge on any atom is -0.466 e. The van der Waals surface area contributed by atoms with Crippen LogP contribution in [0.5, 0.6) is 0 Å². The monoisotopic (exact) mass is 257 g/mol. The highest BCUT2D eigenvalue weighted by molar-refractivity contribution is 5.69. The Labute approximate surface area is 110 Å². The molecule has 0 aromatic rings. The van der Waals surface area contributed by atoms with E-state index in [9.17, 15) is 9.90 Å². The highest BCUT2D eigenvalue weighted by Gasteiger charge is 2.22. The van der Waals surface area contributed by atoms with Crippen molar-refractivity contribution in [1.29, 1.82) is 0 Å². The number of rotatable bonds is 7. The predicted molar refractivity (Wildman–Crippen MR) is 71.3 cm³/mol. The van der Waals surface area contributed by atoms with Crippen molar-refractivity contribution in [1.82, 2.24) is 4.90 Å². The fourth-order valence-electron chi connectivity index (χ4n) is 2.50. The summed E-state index contributed by atoms with van der Waals surface area (Å²) in [5.41, 5.74) is 0. The molecule has 1 heterocycles. The number of likely N-dealkylation sites (tertiary alicyclic amines) is 1. The maximum absolute atomic E-state index is 11.1. The fourth-order valence-corrected chi connectivity index (χ4v) is 2.50. The van der Waals surface area contributed by atoms with Crippen LogP contribution in [0.25, 0.3) is 0 Å². The van der Waals surface area contributed by atoms with Gasteiger partial charge in [-0.05, 0) is 65.1 Å². The summed E-state index contributed by atoms with van der Waals surface area (Å²) in [5, 5.41) is 9.52. The van der Waals surface area contributed by atoms with E-state index >= 15 is 0 Å². The second kappa shape index (κ2) is 8.48. The number of nitrogens with zero attached hydrogens (tertiary/aromatic N) is 1. The number of hydrogen-bond acceptors (Lipinski definition) is 4. The van der Waals surface area contributed by atoms with E-state index < -0.39 is 0 Å². The predicted octanol–water partition coefficient (Wildman–Crippen LogP) is 1.81. The Morgan fingerprint density at radius 1 is 1.39 bits per heavy atom. The van der Waals surface area contributed by atoms with Gasteiger partial charge in [0, 0.05) is 6.42 Å². The average Bonchev–Trinajstić information content (AvgIpc) is 2.35. The molecule has 1 aliphatic heterocycles. The van der Waals surface area contributed by atoms with E-state index in [4.69, 9.17) is 4.74 Å². The SMILES string of the molecule is CCOC(=O)CCCCN1CCC(C(C)O)CC1. The van der Waals surface area contributed by atoms with Crippen LogP contribution in [-0.4, -0.2) is 48.3 Å². The maximum Gasteiger partial charge on any atom is 0.305 e. The zero-order valence-corrected chi connectivity index (χ0v) is 11.7. The van der Waals surface area contributed by atoms with E-state index in [2.05, 4.69) is 4.90 Å². The Kier molecular flexibility index (Phi) is 7.28. The highest BCUT2D eigenvalue weighted by atomic mass is 16.5. The van der Waals surface area contributed by atoms with Crippen LogP contribution in [0.1, 0.15) is 46.0 Å². The average molecular weight is 257 g/mol. The summed E-state index contributed by atoms with van der Waals surface area (Å²) in [5.74, 6) is 0.395. The van der Waals surface area contributed by atoms with E-state index in [-0.39, 0.29) is 12.1 Å². The second-order valence-corrected chi connectivity index (χ2v) is 5.18. The largest absolute Gasteiger partial charge is 0.466 e. The van der Waals surface area contributed by atoms with Crippen LogP contribution < -0.4 is 0 Å². The van der Waals surface area contributed by atoms with Crippen molar-refractivity contribution in [2.45, 2.75) is 52.1 Å². The minimum atomic E-state index is -0.170. The molecule has 0 aliphatic carbocycles. The third kappa shape index (κ3) is 5.83. The lowest BCUT2D eigenvalue weighted by molar-refractivity contribution is -0.143. The molecule has 4 heteroatoms. The van der Waals surface area contributed by atoms with Crippen LogP contribution in [0.15, 0.2) is 0 Å². The van der Waals surface area contributed by atoms with Crippen LogP contribution >= 0.6 is 0 Å². The Hall–Kier alpha value is -0.610. The molecule has 0 spiro atoms. The van der Waals surface area contributed by atoms with Crippen LogP contribution in [0.2, 0.25) is 0 Å². The number of aliphatic hydroxyl groups is 1. The molecule has 106 valence electrons. The lowest BCUT2D eigenvalue weighted by Crippen LogP contribution is -2.37. The van der Waals surface area contributed by atoms with Crippen molar-refractivity contribution in [2.75, 3.05) is 26.2 Å².